The molecule has 1 aromatic heterocycles. The number of hydrogen-bond acceptors (Lipinski definition) is 4. The second-order valence-electron chi connectivity index (χ2n) is 6.99. The molecule has 0 saturated carbocycles. The third kappa shape index (κ3) is 3.58. The Labute approximate surface area is 164 Å². The van der Waals surface area contributed by atoms with Gasteiger partial charge in [0.15, 0.2) is 0 Å². The molecule has 6 nitrogen and oxygen atoms in total. The molecule has 1 aliphatic heterocycles. The summed E-state index contributed by atoms with van der Waals surface area (Å²) in [6, 6.07) is 17.0. The van der Waals surface area contributed by atoms with E-state index in [2.05, 4.69) is 5.10 Å². The number of carbonyl (C=O) groups is 1. The smallest absolute Gasteiger partial charge is 0.253 e. The molecule has 1 amide bonds. The van der Waals surface area contributed by atoms with Crippen molar-refractivity contribution in [3.8, 4) is 22.7 Å². The van der Waals surface area contributed by atoms with Crippen LogP contribution in [-0.2, 0) is 0 Å². The van der Waals surface area contributed by atoms with Gasteiger partial charge < -0.3 is 15.4 Å². The number of nitrogens with zero attached hydrogens (tertiary/aromatic N) is 3. The molecule has 6 heteroatoms. The van der Waals surface area contributed by atoms with Gasteiger partial charge >= 0.3 is 0 Å². The number of piperidine rings is 1. The second kappa shape index (κ2) is 7.76. The fourth-order valence-electron chi connectivity index (χ4n) is 3.53. The van der Waals surface area contributed by atoms with Gasteiger partial charge in [-0.05, 0) is 67.8 Å². The lowest BCUT2D eigenvalue weighted by Gasteiger charge is -2.26. The van der Waals surface area contributed by atoms with Gasteiger partial charge in [-0.25, -0.2) is 4.68 Å². The van der Waals surface area contributed by atoms with Gasteiger partial charge in [-0.2, -0.15) is 5.10 Å². The first-order chi connectivity index (χ1) is 13.7. The molecule has 4 rings (SSSR count). The van der Waals surface area contributed by atoms with Crippen molar-refractivity contribution in [1.29, 1.82) is 0 Å². The van der Waals surface area contributed by atoms with Crippen molar-refractivity contribution in [3.05, 3.63) is 60.2 Å². The van der Waals surface area contributed by atoms with Gasteiger partial charge in [0.1, 0.15) is 11.6 Å². The SMILES string of the molecule is COc1ccc(-c2cc(N)n(-c3ccc(C(=O)N4CCCCC4)cc3)n2)cc1. The monoisotopic (exact) mass is 376 g/mol. The van der Waals surface area contributed by atoms with Crippen molar-refractivity contribution in [3.63, 3.8) is 0 Å². The third-order valence-corrected chi connectivity index (χ3v) is 5.12. The molecule has 28 heavy (non-hydrogen) atoms. The molecule has 0 bridgehead atoms. The maximum absolute atomic E-state index is 12.6. The van der Waals surface area contributed by atoms with E-state index >= 15 is 0 Å². The van der Waals surface area contributed by atoms with Gasteiger partial charge in [-0.1, -0.05) is 0 Å². The lowest BCUT2D eigenvalue weighted by molar-refractivity contribution is 0.0724. The lowest BCUT2D eigenvalue weighted by atomic mass is 10.1. The van der Waals surface area contributed by atoms with Crippen LogP contribution in [-0.4, -0.2) is 40.8 Å². The van der Waals surface area contributed by atoms with E-state index in [4.69, 9.17) is 10.5 Å². The number of anilines is 1. The Morgan fingerprint density at radius 3 is 2.32 bits per heavy atom. The van der Waals surface area contributed by atoms with E-state index in [9.17, 15) is 4.79 Å². The molecule has 0 spiro atoms. The highest BCUT2D eigenvalue weighted by molar-refractivity contribution is 5.94. The van der Waals surface area contributed by atoms with Crippen molar-refractivity contribution in [2.24, 2.45) is 0 Å². The van der Waals surface area contributed by atoms with E-state index in [0.29, 0.717) is 11.4 Å². The molecular weight excluding hydrogens is 352 g/mol. The zero-order valence-corrected chi connectivity index (χ0v) is 16.0. The molecule has 1 aliphatic rings. The summed E-state index contributed by atoms with van der Waals surface area (Å²) in [6.07, 6.45) is 3.38. The van der Waals surface area contributed by atoms with Crippen molar-refractivity contribution in [2.45, 2.75) is 19.3 Å². The van der Waals surface area contributed by atoms with Gasteiger partial charge in [0.05, 0.1) is 18.5 Å². The molecule has 2 aromatic carbocycles. The Bertz CT molecular complexity index is 955. The number of aromatic nitrogens is 2. The normalized spacial score (nSPS) is 14.1. The molecule has 2 heterocycles. The average molecular weight is 376 g/mol. The van der Waals surface area contributed by atoms with Gasteiger partial charge in [-0.3, -0.25) is 4.79 Å². The number of nitrogen functional groups attached to an aromatic ring is 1. The minimum absolute atomic E-state index is 0.0959. The first kappa shape index (κ1) is 18.1. The average Bonchev–Trinajstić information content (AvgIpc) is 3.15. The van der Waals surface area contributed by atoms with Crippen LogP contribution in [0.25, 0.3) is 16.9 Å². The summed E-state index contributed by atoms with van der Waals surface area (Å²) < 4.78 is 6.89. The lowest BCUT2D eigenvalue weighted by Crippen LogP contribution is -2.35. The predicted molar refractivity (Wildman–Crippen MR) is 110 cm³/mol. The van der Waals surface area contributed by atoms with Crippen molar-refractivity contribution < 1.29 is 9.53 Å². The molecule has 0 aliphatic carbocycles. The molecule has 1 fully saturated rings. The van der Waals surface area contributed by atoms with Crippen LogP contribution in [0.15, 0.2) is 54.6 Å². The van der Waals surface area contributed by atoms with Gasteiger partial charge in [0.25, 0.3) is 5.91 Å². The first-order valence-electron chi connectivity index (χ1n) is 9.55. The molecule has 144 valence electrons. The van der Waals surface area contributed by atoms with Crippen molar-refractivity contribution in [2.75, 3.05) is 25.9 Å². The summed E-state index contributed by atoms with van der Waals surface area (Å²) in [5.41, 5.74) is 9.46. The van der Waals surface area contributed by atoms with E-state index in [1.54, 1.807) is 11.8 Å². The highest BCUT2D eigenvalue weighted by Gasteiger charge is 2.18. The largest absolute Gasteiger partial charge is 0.497 e. The van der Waals surface area contributed by atoms with E-state index in [-0.39, 0.29) is 5.91 Å². The summed E-state index contributed by atoms with van der Waals surface area (Å²) in [4.78, 5) is 14.6. The Morgan fingerprint density at radius 1 is 1.00 bits per heavy atom. The van der Waals surface area contributed by atoms with Crippen molar-refractivity contribution >= 4 is 11.7 Å². The van der Waals surface area contributed by atoms with E-state index in [1.807, 2.05) is 59.5 Å². The second-order valence-corrected chi connectivity index (χ2v) is 6.99. The fourth-order valence-corrected chi connectivity index (χ4v) is 3.53. The van der Waals surface area contributed by atoms with Crippen LogP contribution in [0.1, 0.15) is 29.6 Å². The standard InChI is InChI=1S/C22H24N4O2/c1-28-19-11-7-16(8-12-19)20-15-21(23)26(24-20)18-9-5-17(6-10-18)22(27)25-13-3-2-4-14-25/h5-12,15H,2-4,13-14,23H2,1H3. The number of likely N-dealkylation sites (tertiary alicyclic amines) is 1. The number of rotatable bonds is 4. The summed E-state index contributed by atoms with van der Waals surface area (Å²) in [5.74, 6) is 1.43. The quantitative estimate of drug-likeness (QED) is 0.752. The zero-order valence-electron chi connectivity index (χ0n) is 16.0. The highest BCUT2D eigenvalue weighted by atomic mass is 16.5. The topological polar surface area (TPSA) is 73.4 Å². The molecule has 0 radical (unpaired) electrons. The maximum atomic E-state index is 12.6. The molecular formula is C22H24N4O2. The number of benzene rings is 2. The van der Waals surface area contributed by atoms with Gasteiger partial charge in [-0.15, -0.1) is 0 Å². The van der Waals surface area contributed by atoms with Gasteiger partial charge in [0, 0.05) is 30.3 Å². The fraction of sp³-hybridized carbons (Fsp3) is 0.273. The summed E-state index contributed by atoms with van der Waals surface area (Å²) in [5, 5.41) is 4.63. The van der Waals surface area contributed by atoms with Crippen LogP contribution < -0.4 is 10.5 Å². The van der Waals surface area contributed by atoms with E-state index in [1.165, 1.54) is 6.42 Å². The zero-order chi connectivity index (χ0) is 19.5. The van der Waals surface area contributed by atoms with Crippen molar-refractivity contribution in [1.82, 2.24) is 14.7 Å². The third-order valence-electron chi connectivity index (χ3n) is 5.12. The Kier molecular flexibility index (Phi) is 5.02. The number of carbonyl (C=O) groups excluding carboxylic acids is 1. The van der Waals surface area contributed by atoms with Crippen LogP contribution in [0.5, 0.6) is 5.75 Å². The predicted octanol–water partition coefficient (Wildman–Crippen LogP) is 3.76. The number of amides is 1. The number of hydrogen-bond donors (Lipinski definition) is 1. The van der Waals surface area contributed by atoms with E-state index < -0.39 is 0 Å². The minimum Gasteiger partial charge on any atom is -0.497 e. The van der Waals surface area contributed by atoms with Crippen LogP contribution in [0.2, 0.25) is 0 Å². The van der Waals surface area contributed by atoms with Gasteiger partial charge in [0.2, 0.25) is 0 Å². The number of ether oxygens (including phenoxy) is 1. The molecule has 2 N–H and O–H groups in total. The molecule has 3 aromatic rings. The minimum atomic E-state index is 0.0959. The van der Waals surface area contributed by atoms with Crippen LogP contribution >= 0.6 is 0 Å². The van der Waals surface area contributed by atoms with Crippen LogP contribution in [0, 0.1) is 0 Å². The molecule has 1 saturated heterocycles. The molecule has 0 atom stereocenters. The summed E-state index contributed by atoms with van der Waals surface area (Å²) in [7, 11) is 1.64. The maximum Gasteiger partial charge on any atom is 0.253 e. The Balaban J connectivity index is 1.55. The van der Waals surface area contributed by atoms with E-state index in [0.717, 1.165) is 48.6 Å². The Hall–Kier alpha value is -3.28. The summed E-state index contributed by atoms with van der Waals surface area (Å²) in [6.45, 7) is 1.69. The highest BCUT2D eigenvalue weighted by Crippen LogP contribution is 2.25. The van der Waals surface area contributed by atoms with Crippen LogP contribution in [0.3, 0.4) is 0 Å². The Morgan fingerprint density at radius 2 is 1.68 bits per heavy atom. The molecule has 0 unspecified atom stereocenters. The summed E-state index contributed by atoms with van der Waals surface area (Å²) >= 11 is 0. The van der Waals surface area contributed by atoms with Crippen LogP contribution in [0.4, 0.5) is 5.82 Å². The first-order valence-corrected chi connectivity index (χ1v) is 9.55. The number of methoxy groups -OCH3 is 1. The number of nitrogens with two attached hydrogens (primary N) is 1.